The molecule has 2 heterocycles. The molecule has 0 spiro atoms. The fraction of sp³-hybridized carbons (Fsp3) is 0.375. The van der Waals surface area contributed by atoms with E-state index in [0.717, 1.165) is 19.5 Å². The van der Waals surface area contributed by atoms with Gasteiger partial charge in [0.1, 0.15) is 17.6 Å². The molecule has 6 nitrogen and oxygen atoms in total. The minimum atomic E-state index is -0.502. The molecule has 3 rings (SSSR count). The average molecular weight is 337 g/mol. The first kappa shape index (κ1) is 15.8. The Bertz CT molecular complexity index is 669. The molecule has 0 amide bonds. The van der Waals surface area contributed by atoms with Gasteiger partial charge < -0.3 is 19.2 Å². The Morgan fingerprint density at radius 1 is 1.52 bits per heavy atom. The van der Waals surface area contributed by atoms with E-state index in [1.807, 2.05) is 0 Å². The second-order valence-electron chi connectivity index (χ2n) is 5.29. The van der Waals surface area contributed by atoms with Crippen molar-refractivity contribution in [2.24, 2.45) is 5.92 Å². The highest BCUT2D eigenvalue weighted by Gasteiger charge is 2.32. The van der Waals surface area contributed by atoms with Crippen molar-refractivity contribution in [3.8, 4) is 5.75 Å². The highest BCUT2D eigenvalue weighted by atomic mass is 35.5. The maximum atomic E-state index is 12.0. The largest absolute Gasteiger partial charge is 0.479 e. The number of nitrogens with one attached hydrogen (secondary N) is 1. The zero-order valence-electron chi connectivity index (χ0n) is 12.6. The van der Waals surface area contributed by atoms with E-state index < -0.39 is 5.97 Å². The third kappa shape index (κ3) is 3.48. The van der Waals surface area contributed by atoms with Crippen LogP contribution in [-0.4, -0.2) is 31.2 Å². The van der Waals surface area contributed by atoms with Crippen LogP contribution in [0.25, 0.3) is 0 Å². The fourth-order valence-corrected chi connectivity index (χ4v) is 2.84. The Morgan fingerprint density at radius 3 is 3.04 bits per heavy atom. The Labute approximate surface area is 138 Å². The van der Waals surface area contributed by atoms with Crippen LogP contribution in [0.15, 0.2) is 35.1 Å². The van der Waals surface area contributed by atoms with E-state index in [-0.39, 0.29) is 17.6 Å². The van der Waals surface area contributed by atoms with Gasteiger partial charge in [-0.05, 0) is 31.2 Å². The number of aromatic nitrogens is 1. The first-order chi connectivity index (χ1) is 11.2. The number of carbonyl (C=O) groups excluding carboxylic acids is 1. The molecule has 1 N–H and O–H groups in total. The molecule has 0 radical (unpaired) electrons. The first-order valence-corrected chi connectivity index (χ1v) is 7.71. The van der Waals surface area contributed by atoms with Crippen molar-refractivity contribution in [3.05, 3.63) is 47.1 Å². The summed E-state index contributed by atoms with van der Waals surface area (Å²) < 4.78 is 16.3. The lowest BCUT2D eigenvalue weighted by Crippen LogP contribution is -2.22. The van der Waals surface area contributed by atoms with Crippen LogP contribution in [0.4, 0.5) is 0 Å². The van der Waals surface area contributed by atoms with Gasteiger partial charge in [0, 0.05) is 17.5 Å². The van der Waals surface area contributed by atoms with Crippen molar-refractivity contribution in [1.82, 2.24) is 10.3 Å². The molecule has 2 atom stereocenters. The fourth-order valence-electron chi connectivity index (χ4n) is 2.67. The molecule has 23 heavy (non-hydrogen) atoms. The minimum Gasteiger partial charge on any atom is -0.479 e. The molecule has 1 fully saturated rings. The standard InChI is InChI=1S/C16H17ClN2O4/c1-21-16(20)12-8-11(17)2-3-13(12)23-14(10-4-5-18-9-10)15-19-6-7-22-15/h2-3,6-8,10,14,18H,4-5,9H2,1H3/t10-,14+/m0/s1. The molecule has 7 heteroatoms. The lowest BCUT2D eigenvalue weighted by molar-refractivity contribution is 0.0583. The van der Waals surface area contributed by atoms with Crippen LogP contribution in [-0.2, 0) is 4.74 Å². The van der Waals surface area contributed by atoms with Gasteiger partial charge in [-0.3, -0.25) is 0 Å². The molecule has 0 unspecified atom stereocenters. The number of nitrogens with zero attached hydrogens (tertiary/aromatic N) is 1. The van der Waals surface area contributed by atoms with E-state index in [2.05, 4.69) is 10.3 Å². The summed E-state index contributed by atoms with van der Waals surface area (Å²) in [6.45, 7) is 1.71. The van der Waals surface area contributed by atoms with Crippen molar-refractivity contribution in [3.63, 3.8) is 0 Å². The van der Waals surface area contributed by atoms with E-state index in [9.17, 15) is 4.79 Å². The molecule has 1 aliphatic rings. The van der Waals surface area contributed by atoms with Crippen molar-refractivity contribution in [2.45, 2.75) is 12.5 Å². The second-order valence-corrected chi connectivity index (χ2v) is 5.73. The van der Waals surface area contributed by atoms with E-state index in [4.69, 9.17) is 25.5 Å². The number of methoxy groups -OCH3 is 1. The number of esters is 1. The average Bonchev–Trinajstić information content (AvgIpc) is 3.26. The Kier molecular flexibility index (Phi) is 4.83. The molecule has 0 bridgehead atoms. The summed E-state index contributed by atoms with van der Waals surface area (Å²) in [6.07, 6.45) is 3.65. The monoisotopic (exact) mass is 336 g/mol. The number of hydrogen-bond donors (Lipinski definition) is 1. The molecule has 1 saturated heterocycles. The van der Waals surface area contributed by atoms with Crippen molar-refractivity contribution in [2.75, 3.05) is 20.2 Å². The Hall–Kier alpha value is -2.05. The molecular weight excluding hydrogens is 320 g/mol. The lowest BCUT2D eigenvalue weighted by Gasteiger charge is -2.22. The van der Waals surface area contributed by atoms with Gasteiger partial charge in [-0.25, -0.2) is 9.78 Å². The number of rotatable bonds is 5. The summed E-state index contributed by atoms with van der Waals surface area (Å²) in [5, 5.41) is 3.73. The SMILES string of the molecule is COC(=O)c1cc(Cl)ccc1O[C@@H](c1ncco1)[C@H]1CCNC1. The van der Waals surface area contributed by atoms with Gasteiger partial charge in [0.15, 0.2) is 6.10 Å². The summed E-state index contributed by atoms with van der Waals surface area (Å²) >= 11 is 5.98. The van der Waals surface area contributed by atoms with Gasteiger partial charge in [0.25, 0.3) is 0 Å². The molecular formula is C16H17ClN2O4. The maximum Gasteiger partial charge on any atom is 0.341 e. The van der Waals surface area contributed by atoms with Gasteiger partial charge in [-0.2, -0.15) is 0 Å². The van der Waals surface area contributed by atoms with Gasteiger partial charge in [-0.1, -0.05) is 11.6 Å². The summed E-state index contributed by atoms with van der Waals surface area (Å²) in [7, 11) is 1.32. The normalized spacial score (nSPS) is 18.6. The van der Waals surface area contributed by atoms with Crippen LogP contribution in [0, 0.1) is 5.92 Å². The lowest BCUT2D eigenvalue weighted by atomic mass is 10.0. The molecule has 1 aromatic carbocycles. The van der Waals surface area contributed by atoms with Gasteiger partial charge in [0.05, 0.1) is 13.3 Å². The third-order valence-corrected chi connectivity index (χ3v) is 4.06. The number of carbonyl (C=O) groups is 1. The van der Waals surface area contributed by atoms with Crippen LogP contribution in [0.1, 0.15) is 28.8 Å². The van der Waals surface area contributed by atoms with E-state index in [0.29, 0.717) is 16.7 Å². The molecule has 2 aromatic rings. The van der Waals surface area contributed by atoms with Gasteiger partial charge in [0.2, 0.25) is 5.89 Å². The zero-order chi connectivity index (χ0) is 16.2. The van der Waals surface area contributed by atoms with Crippen molar-refractivity contribution < 1.29 is 18.7 Å². The smallest absolute Gasteiger partial charge is 0.341 e. The molecule has 122 valence electrons. The summed E-state index contributed by atoms with van der Waals surface area (Å²) in [4.78, 5) is 16.2. The predicted octanol–water partition coefficient (Wildman–Crippen LogP) is 2.84. The summed E-state index contributed by atoms with van der Waals surface area (Å²) in [5.41, 5.74) is 0.280. The van der Waals surface area contributed by atoms with Crippen LogP contribution in [0.3, 0.4) is 0 Å². The molecule has 0 aliphatic carbocycles. The topological polar surface area (TPSA) is 73.6 Å². The van der Waals surface area contributed by atoms with E-state index >= 15 is 0 Å². The predicted molar refractivity (Wildman–Crippen MR) is 83.6 cm³/mol. The minimum absolute atomic E-state index is 0.204. The molecule has 0 saturated carbocycles. The highest BCUT2D eigenvalue weighted by Crippen LogP contribution is 2.34. The van der Waals surface area contributed by atoms with Gasteiger partial charge >= 0.3 is 5.97 Å². The number of hydrogen-bond acceptors (Lipinski definition) is 6. The van der Waals surface area contributed by atoms with E-state index in [1.54, 1.807) is 18.3 Å². The Balaban J connectivity index is 1.92. The quantitative estimate of drug-likeness (QED) is 0.846. The Morgan fingerprint density at radius 2 is 2.39 bits per heavy atom. The first-order valence-electron chi connectivity index (χ1n) is 7.33. The summed E-state index contributed by atoms with van der Waals surface area (Å²) in [5.74, 6) is 0.592. The number of halogens is 1. The van der Waals surface area contributed by atoms with Crippen molar-refractivity contribution in [1.29, 1.82) is 0 Å². The second kappa shape index (κ2) is 7.02. The number of ether oxygens (including phenoxy) is 2. The van der Waals surface area contributed by atoms with E-state index in [1.165, 1.54) is 19.4 Å². The third-order valence-electron chi connectivity index (χ3n) is 3.82. The number of oxazole rings is 1. The van der Waals surface area contributed by atoms with Crippen LogP contribution >= 0.6 is 11.6 Å². The molecule has 1 aromatic heterocycles. The van der Waals surface area contributed by atoms with Crippen LogP contribution in [0.5, 0.6) is 5.75 Å². The van der Waals surface area contributed by atoms with Gasteiger partial charge in [-0.15, -0.1) is 0 Å². The number of benzene rings is 1. The highest BCUT2D eigenvalue weighted by molar-refractivity contribution is 6.31. The van der Waals surface area contributed by atoms with Crippen LogP contribution in [0.2, 0.25) is 5.02 Å². The maximum absolute atomic E-state index is 12.0. The molecule has 1 aliphatic heterocycles. The summed E-state index contributed by atoms with van der Waals surface area (Å²) in [6, 6.07) is 4.86. The van der Waals surface area contributed by atoms with Crippen molar-refractivity contribution >= 4 is 17.6 Å². The zero-order valence-corrected chi connectivity index (χ0v) is 13.4. The van der Waals surface area contributed by atoms with Crippen LogP contribution < -0.4 is 10.1 Å².